The fraction of sp³-hybridized carbons (Fsp3) is 0.417. The summed E-state index contributed by atoms with van der Waals surface area (Å²) in [5.74, 6) is -1.40. The molecule has 0 aliphatic carbocycles. The van der Waals surface area contributed by atoms with Gasteiger partial charge in [-0.25, -0.2) is 14.3 Å². The number of hydrogen-bond acceptors (Lipinski definition) is 5. The van der Waals surface area contributed by atoms with Crippen LogP contribution in [0.2, 0.25) is 0 Å². The van der Waals surface area contributed by atoms with Gasteiger partial charge in [-0.05, 0) is 12.8 Å². The first kappa shape index (κ1) is 13.9. The number of nitrogens with zero attached hydrogens (tertiary/aromatic N) is 4. The molecule has 2 aromatic heterocycles. The van der Waals surface area contributed by atoms with E-state index in [0.29, 0.717) is 11.5 Å². The van der Waals surface area contributed by atoms with Crippen LogP contribution in [0.15, 0.2) is 12.5 Å². The van der Waals surface area contributed by atoms with Crippen LogP contribution in [0.25, 0.3) is 5.78 Å². The molecular formula is C12H15N5O3. The molecule has 8 nitrogen and oxygen atoms in total. The Kier molecular flexibility index (Phi) is 3.64. The molecule has 106 valence electrons. The summed E-state index contributed by atoms with van der Waals surface area (Å²) in [5, 5.41) is 15.5. The molecular weight excluding hydrogens is 262 g/mol. The van der Waals surface area contributed by atoms with Crippen LogP contribution in [0, 0.1) is 12.8 Å². The number of hydrogen-bond donors (Lipinski definition) is 2. The van der Waals surface area contributed by atoms with Crippen molar-refractivity contribution in [2.45, 2.75) is 26.8 Å². The van der Waals surface area contributed by atoms with Gasteiger partial charge in [0.1, 0.15) is 12.4 Å². The largest absolute Gasteiger partial charge is 0.480 e. The fourth-order valence-corrected chi connectivity index (χ4v) is 1.85. The highest BCUT2D eigenvalue weighted by Crippen LogP contribution is 2.09. The number of carboxylic acids is 1. The average Bonchev–Trinajstić information content (AvgIpc) is 2.84. The van der Waals surface area contributed by atoms with Crippen LogP contribution in [0.1, 0.15) is 29.9 Å². The lowest BCUT2D eigenvalue weighted by Crippen LogP contribution is -2.44. The van der Waals surface area contributed by atoms with E-state index < -0.39 is 17.9 Å². The first-order chi connectivity index (χ1) is 9.41. The molecule has 0 radical (unpaired) electrons. The Hall–Kier alpha value is -2.51. The Labute approximate surface area is 114 Å². The minimum Gasteiger partial charge on any atom is -0.480 e. The zero-order chi connectivity index (χ0) is 14.9. The third-order valence-electron chi connectivity index (χ3n) is 3.01. The molecule has 0 fully saturated rings. The predicted molar refractivity (Wildman–Crippen MR) is 69.2 cm³/mol. The number of carbonyl (C=O) groups excluding carboxylic acids is 1. The van der Waals surface area contributed by atoms with E-state index in [1.807, 2.05) is 0 Å². The van der Waals surface area contributed by atoms with E-state index >= 15 is 0 Å². The third kappa shape index (κ3) is 2.44. The van der Waals surface area contributed by atoms with Crippen LogP contribution in [0.4, 0.5) is 0 Å². The van der Waals surface area contributed by atoms with E-state index in [4.69, 9.17) is 5.11 Å². The number of fused-ring (bicyclic) bond motifs is 1. The van der Waals surface area contributed by atoms with E-state index in [9.17, 15) is 9.59 Å². The maximum Gasteiger partial charge on any atom is 0.326 e. The Balaban J connectivity index is 2.31. The van der Waals surface area contributed by atoms with Crippen LogP contribution in [-0.2, 0) is 4.79 Å². The molecule has 1 atom stereocenters. The second kappa shape index (κ2) is 5.24. The maximum atomic E-state index is 12.2. The Morgan fingerprint density at radius 2 is 2.05 bits per heavy atom. The fourth-order valence-electron chi connectivity index (χ4n) is 1.85. The van der Waals surface area contributed by atoms with E-state index in [2.05, 4.69) is 20.4 Å². The second-order valence-electron chi connectivity index (χ2n) is 4.76. The maximum absolute atomic E-state index is 12.2. The average molecular weight is 277 g/mol. The monoisotopic (exact) mass is 277 g/mol. The van der Waals surface area contributed by atoms with Crippen LogP contribution >= 0.6 is 0 Å². The summed E-state index contributed by atoms with van der Waals surface area (Å²) in [6, 6.07) is -0.951. The molecule has 0 aliphatic rings. The number of aryl methyl sites for hydroxylation is 1. The first-order valence-electron chi connectivity index (χ1n) is 6.10. The SMILES string of the molecule is Cc1c(C(=O)NC(C(=O)O)C(C)C)cnc2ncnn12. The Bertz CT molecular complexity index is 664. The Morgan fingerprint density at radius 3 is 2.65 bits per heavy atom. The number of carbonyl (C=O) groups is 2. The highest BCUT2D eigenvalue weighted by Gasteiger charge is 2.25. The molecule has 0 spiro atoms. The third-order valence-corrected chi connectivity index (χ3v) is 3.01. The summed E-state index contributed by atoms with van der Waals surface area (Å²) in [6.45, 7) is 5.15. The molecule has 2 N–H and O–H groups in total. The van der Waals surface area contributed by atoms with E-state index in [1.165, 1.54) is 17.0 Å². The lowest BCUT2D eigenvalue weighted by molar-refractivity contribution is -0.140. The summed E-state index contributed by atoms with van der Waals surface area (Å²) >= 11 is 0. The van der Waals surface area contributed by atoms with Gasteiger partial charge in [0, 0.05) is 6.20 Å². The van der Waals surface area contributed by atoms with Crippen LogP contribution in [0.3, 0.4) is 0 Å². The van der Waals surface area contributed by atoms with Crippen molar-refractivity contribution in [2.75, 3.05) is 0 Å². The first-order valence-corrected chi connectivity index (χ1v) is 6.10. The van der Waals surface area contributed by atoms with Crippen molar-refractivity contribution in [3.63, 3.8) is 0 Å². The van der Waals surface area contributed by atoms with Gasteiger partial charge in [-0.3, -0.25) is 4.79 Å². The van der Waals surface area contributed by atoms with Crippen molar-refractivity contribution in [3.05, 3.63) is 23.8 Å². The van der Waals surface area contributed by atoms with E-state index in [-0.39, 0.29) is 11.5 Å². The summed E-state index contributed by atoms with van der Waals surface area (Å²) in [4.78, 5) is 31.2. The van der Waals surface area contributed by atoms with Gasteiger partial charge in [-0.2, -0.15) is 10.1 Å². The summed E-state index contributed by atoms with van der Waals surface area (Å²) in [6.07, 6.45) is 2.71. The molecule has 0 saturated carbocycles. The zero-order valence-corrected chi connectivity index (χ0v) is 11.4. The summed E-state index contributed by atoms with van der Waals surface area (Å²) in [7, 11) is 0. The molecule has 2 aromatic rings. The minimum absolute atomic E-state index is 0.222. The van der Waals surface area contributed by atoms with Crippen LogP contribution < -0.4 is 5.32 Å². The van der Waals surface area contributed by atoms with Gasteiger partial charge >= 0.3 is 5.97 Å². The number of aromatic nitrogens is 4. The molecule has 0 aromatic carbocycles. The number of rotatable bonds is 4. The second-order valence-corrected chi connectivity index (χ2v) is 4.76. The normalized spacial score (nSPS) is 12.6. The quantitative estimate of drug-likeness (QED) is 0.830. The smallest absolute Gasteiger partial charge is 0.326 e. The van der Waals surface area contributed by atoms with Gasteiger partial charge in [0.05, 0.1) is 11.3 Å². The van der Waals surface area contributed by atoms with Gasteiger partial charge in [0.25, 0.3) is 11.7 Å². The van der Waals surface area contributed by atoms with Gasteiger partial charge in [0.15, 0.2) is 0 Å². The van der Waals surface area contributed by atoms with Crippen molar-refractivity contribution in [2.24, 2.45) is 5.92 Å². The van der Waals surface area contributed by atoms with E-state index in [0.717, 1.165) is 0 Å². The number of nitrogens with one attached hydrogen (secondary N) is 1. The molecule has 1 amide bonds. The molecule has 0 saturated heterocycles. The van der Waals surface area contributed by atoms with Crippen molar-refractivity contribution in [3.8, 4) is 0 Å². The lowest BCUT2D eigenvalue weighted by atomic mass is 10.0. The molecule has 20 heavy (non-hydrogen) atoms. The van der Waals surface area contributed by atoms with Gasteiger partial charge in [-0.15, -0.1) is 0 Å². The zero-order valence-electron chi connectivity index (χ0n) is 11.4. The number of carboxylic acid groups (broad SMARTS) is 1. The van der Waals surface area contributed by atoms with Crippen molar-refractivity contribution in [1.29, 1.82) is 0 Å². The molecule has 2 heterocycles. The summed E-state index contributed by atoms with van der Waals surface area (Å²) < 4.78 is 1.43. The van der Waals surface area contributed by atoms with Gasteiger partial charge in [0.2, 0.25) is 0 Å². The molecule has 1 unspecified atom stereocenters. The number of aliphatic carboxylic acids is 1. The Morgan fingerprint density at radius 1 is 1.35 bits per heavy atom. The van der Waals surface area contributed by atoms with Crippen LogP contribution in [0.5, 0.6) is 0 Å². The standard InChI is InChI=1S/C12H15N5O3/c1-6(2)9(11(19)20)16-10(18)8-4-13-12-14-5-15-17(12)7(8)3/h4-6,9H,1-3H3,(H,16,18)(H,19,20). The van der Waals surface area contributed by atoms with Crippen molar-refractivity contribution < 1.29 is 14.7 Å². The molecule has 0 aliphatic heterocycles. The number of amides is 1. The van der Waals surface area contributed by atoms with Gasteiger partial charge < -0.3 is 10.4 Å². The van der Waals surface area contributed by atoms with E-state index in [1.54, 1.807) is 20.8 Å². The highest BCUT2D eigenvalue weighted by atomic mass is 16.4. The molecule has 0 bridgehead atoms. The van der Waals surface area contributed by atoms with Crippen molar-refractivity contribution >= 4 is 17.7 Å². The minimum atomic E-state index is -1.07. The topological polar surface area (TPSA) is 109 Å². The van der Waals surface area contributed by atoms with Crippen LogP contribution in [-0.4, -0.2) is 42.6 Å². The highest BCUT2D eigenvalue weighted by molar-refractivity contribution is 5.97. The molecule has 2 rings (SSSR count). The predicted octanol–water partition coefficient (Wildman–Crippen LogP) is 0.272. The summed E-state index contributed by atoms with van der Waals surface area (Å²) in [5.41, 5.74) is 0.827. The molecule has 8 heteroatoms. The van der Waals surface area contributed by atoms with Crippen molar-refractivity contribution in [1.82, 2.24) is 24.9 Å². The lowest BCUT2D eigenvalue weighted by Gasteiger charge is -2.18. The van der Waals surface area contributed by atoms with Gasteiger partial charge in [-0.1, -0.05) is 13.8 Å².